The molecular formula is C15H17NO2. The summed E-state index contributed by atoms with van der Waals surface area (Å²) in [6.07, 6.45) is 1.09. The van der Waals surface area contributed by atoms with Gasteiger partial charge >= 0.3 is 0 Å². The van der Waals surface area contributed by atoms with Gasteiger partial charge < -0.3 is 9.84 Å². The minimum Gasteiger partial charge on any atom is -0.494 e. The Bertz CT molecular complexity index is 508. The Balaban J connectivity index is 2.20. The van der Waals surface area contributed by atoms with E-state index in [0.29, 0.717) is 6.61 Å². The standard InChI is InChI=1S/C15H17NO2/c1-3-18-14-6-4-12(5-7-14)15(17)13-8-9-16-11(2)10-13/h4-10,15,17H,3H2,1-2H3. The molecule has 0 bridgehead atoms. The second-order valence-corrected chi connectivity index (χ2v) is 4.14. The van der Waals surface area contributed by atoms with E-state index in [-0.39, 0.29) is 0 Å². The van der Waals surface area contributed by atoms with E-state index in [0.717, 1.165) is 22.6 Å². The normalized spacial score (nSPS) is 12.2. The van der Waals surface area contributed by atoms with Gasteiger partial charge in [-0.05, 0) is 49.2 Å². The fraction of sp³-hybridized carbons (Fsp3) is 0.267. The van der Waals surface area contributed by atoms with Gasteiger partial charge in [-0.25, -0.2) is 0 Å². The minimum atomic E-state index is -0.623. The average Bonchev–Trinajstić information content (AvgIpc) is 2.39. The van der Waals surface area contributed by atoms with Crippen LogP contribution in [0.1, 0.15) is 29.8 Å². The predicted molar refractivity (Wildman–Crippen MR) is 70.6 cm³/mol. The first-order chi connectivity index (χ1) is 8.70. The molecule has 1 aromatic carbocycles. The molecule has 3 nitrogen and oxygen atoms in total. The summed E-state index contributed by atoms with van der Waals surface area (Å²) in [5, 5.41) is 10.3. The summed E-state index contributed by atoms with van der Waals surface area (Å²) >= 11 is 0. The monoisotopic (exact) mass is 243 g/mol. The van der Waals surface area contributed by atoms with Gasteiger partial charge in [-0.15, -0.1) is 0 Å². The Morgan fingerprint density at radius 2 is 1.89 bits per heavy atom. The zero-order valence-electron chi connectivity index (χ0n) is 10.6. The van der Waals surface area contributed by atoms with E-state index in [9.17, 15) is 5.11 Å². The highest BCUT2D eigenvalue weighted by Crippen LogP contribution is 2.23. The number of benzene rings is 1. The highest BCUT2D eigenvalue weighted by Gasteiger charge is 2.10. The lowest BCUT2D eigenvalue weighted by Gasteiger charge is -2.12. The lowest BCUT2D eigenvalue weighted by atomic mass is 10.0. The van der Waals surface area contributed by atoms with Crippen molar-refractivity contribution in [3.05, 3.63) is 59.4 Å². The molecule has 0 fully saturated rings. The van der Waals surface area contributed by atoms with Crippen LogP contribution >= 0.6 is 0 Å². The fourth-order valence-electron chi connectivity index (χ4n) is 1.84. The molecule has 0 aliphatic carbocycles. The number of nitrogens with zero attached hydrogens (tertiary/aromatic N) is 1. The van der Waals surface area contributed by atoms with Gasteiger partial charge in [-0.2, -0.15) is 0 Å². The molecule has 94 valence electrons. The molecule has 1 heterocycles. The highest BCUT2D eigenvalue weighted by atomic mass is 16.5. The Labute approximate surface area is 107 Å². The average molecular weight is 243 g/mol. The number of rotatable bonds is 4. The van der Waals surface area contributed by atoms with Gasteiger partial charge in [-0.1, -0.05) is 12.1 Å². The second-order valence-electron chi connectivity index (χ2n) is 4.14. The summed E-state index contributed by atoms with van der Waals surface area (Å²) in [5.74, 6) is 0.819. The first kappa shape index (κ1) is 12.6. The molecule has 1 unspecified atom stereocenters. The van der Waals surface area contributed by atoms with Crippen LogP contribution in [0.15, 0.2) is 42.6 Å². The van der Waals surface area contributed by atoms with Crippen LogP contribution in [0, 0.1) is 6.92 Å². The van der Waals surface area contributed by atoms with Crippen LogP contribution < -0.4 is 4.74 Å². The third kappa shape index (κ3) is 2.87. The van der Waals surface area contributed by atoms with Crippen molar-refractivity contribution in [2.75, 3.05) is 6.61 Å². The molecule has 0 saturated heterocycles. The van der Waals surface area contributed by atoms with Crippen molar-refractivity contribution in [2.24, 2.45) is 0 Å². The van der Waals surface area contributed by atoms with Gasteiger partial charge in [0, 0.05) is 11.9 Å². The number of ether oxygens (including phenoxy) is 1. The number of aromatic nitrogens is 1. The Morgan fingerprint density at radius 1 is 1.17 bits per heavy atom. The zero-order chi connectivity index (χ0) is 13.0. The predicted octanol–water partition coefficient (Wildman–Crippen LogP) is 2.87. The van der Waals surface area contributed by atoms with Gasteiger partial charge in [0.15, 0.2) is 0 Å². The largest absolute Gasteiger partial charge is 0.494 e. The number of aliphatic hydroxyl groups is 1. The summed E-state index contributed by atoms with van der Waals surface area (Å²) in [6.45, 7) is 4.50. The molecular weight excluding hydrogens is 226 g/mol. The molecule has 2 rings (SSSR count). The summed E-state index contributed by atoms with van der Waals surface area (Å²) in [5.41, 5.74) is 2.60. The van der Waals surface area contributed by atoms with Crippen molar-refractivity contribution in [1.82, 2.24) is 4.98 Å². The molecule has 1 atom stereocenters. The Hall–Kier alpha value is -1.87. The molecule has 3 heteroatoms. The summed E-state index contributed by atoms with van der Waals surface area (Å²) < 4.78 is 5.37. The number of aliphatic hydroxyl groups excluding tert-OH is 1. The van der Waals surface area contributed by atoms with E-state index in [1.165, 1.54) is 0 Å². The molecule has 0 aliphatic rings. The first-order valence-electron chi connectivity index (χ1n) is 6.04. The number of aryl methyl sites for hydroxylation is 1. The maximum Gasteiger partial charge on any atom is 0.119 e. The molecule has 0 radical (unpaired) electrons. The van der Waals surface area contributed by atoms with Gasteiger partial charge in [0.2, 0.25) is 0 Å². The molecule has 0 aliphatic heterocycles. The first-order valence-corrected chi connectivity index (χ1v) is 6.04. The van der Waals surface area contributed by atoms with Crippen molar-refractivity contribution < 1.29 is 9.84 Å². The van der Waals surface area contributed by atoms with Gasteiger partial charge in [0.05, 0.1) is 6.61 Å². The molecule has 0 saturated carbocycles. The Kier molecular flexibility index (Phi) is 3.95. The van der Waals surface area contributed by atoms with E-state index < -0.39 is 6.10 Å². The maximum absolute atomic E-state index is 10.3. The van der Waals surface area contributed by atoms with Crippen LogP contribution in [-0.2, 0) is 0 Å². The lowest BCUT2D eigenvalue weighted by molar-refractivity contribution is 0.220. The van der Waals surface area contributed by atoms with E-state index in [1.54, 1.807) is 6.20 Å². The van der Waals surface area contributed by atoms with Crippen LogP contribution in [0.2, 0.25) is 0 Å². The van der Waals surface area contributed by atoms with Crippen LogP contribution in [0.4, 0.5) is 0 Å². The molecule has 18 heavy (non-hydrogen) atoms. The van der Waals surface area contributed by atoms with Gasteiger partial charge in [-0.3, -0.25) is 4.98 Å². The van der Waals surface area contributed by atoms with E-state index in [1.807, 2.05) is 50.2 Å². The van der Waals surface area contributed by atoms with E-state index in [2.05, 4.69) is 4.98 Å². The second kappa shape index (κ2) is 5.65. The maximum atomic E-state index is 10.3. The topological polar surface area (TPSA) is 42.4 Å². The van der Waals surface area contributed by atoms with Crippen LogP contribution in [0.3, 0.4) is 0 Å². The summed E-state index contributed by atoms with van der Waals surface area (Å²) in [7, 11) is 0. The van der Waals surface area contributed by atoms with Crippen molar-refractivity contribution >= 4 is 0 Å². The molecule has 1 N–H and O–H groups in total. The third-order valence-electron chi connectivity index (χ3n) is 2.74. The molecule has 0 spiro atoms. The molecule has 2 aromatic rings. The summed E-state index contributed by atoms with van der Waals surface area (Å²) in [6, 6.07) is 11.2. The van der Waals surface area contributed by atoms with E-state index in [4.69, 9.17) is 4.74 Å². The minimum absolute atomic E-state index is 0.623. The quantitative estimate of drug-likeness (QED) is 0.897. The SMILES string of the molecule is CCOc1ccc(C(O)c2ccnc(C)c2)cc1. The van der Waals surface area contributed by atoms with Crippen LogP contribution in [0.25, 0.3) is 0 Å². The highest BCUT2D eigenvalue weighted by molar-refractivity contribution is 5.34. The van der Waals surface area contributed by atoms with Crippen molar-refractivity contribution in [3.8, 4) is 5.75 Å². The van der Waals surface area contributed by atoms with Gasteiger partial charge in [0.25, 0.3) is 0 Å². The van der Waals surface area contributed by atoms with Crippen molar-refractivity contribution in [3.63, 3.8) is 0 Å². The number of hydrogen-bond donors (Lipinski definition) is 1. The van der Waals surface area contributed by atoms with E-state index >= 15 is 0 Å². The van der Waals surface area contributed by atoms with Crippen molar-refractivity contribution in [1.29, 1.82) is 0 Å². The zero-order valence-corrected chi connectivity index (χ0v) is 10.6. The summed E-state index contributed by atoms with van der Waals surface area (Å²) in [4.78, 5) is 4.12. The third-order valence-corrected chi connectivity index (χ3v) is 2.74. The van der Waals surface area contributed by atoms with Crippen LogP contribution in [0.5, 0.6) is 5.75 Å². The van der Waals surface area contributed by atoms with Crippen LogP contribution in [-0.4, -0.2) is 16.7 Å². The smallest absolute Gasteiger partial charge is 0.119 e. The molecule has 0 amide bonds. The Morgan fingerprint density at radius 3 is 2.50 bits per heavy atom. The lowest BCUT2D eigenvalue weighted by Crippen LogP contribution is -2.01. The number of hydrogen-bond acceptors (Lipinski definition) is 3. The fourth-order valence-corrected chi connectivity index (χ4v) is 1.84. The number of pyridine rings is 1. The van der Waals surface area contributed by atoms with Gasteiger partial charge in [0.1, 0.15) is 11.9 Å². The van der Waals surface area contributed by atoms with Crippen molar-refractivity contribution in [2.45, 2.75) is 20.0 Å². The molecule has 1 aromatic heterocycles.